The summed E-state index contributed by atoms with van der Waals surface area (Å²) >= 11 is 0. The van der Waals surface area contributed by atoms with Crippen LogP contribution in [0.5, 0.6) is 0 Å². The van der Waals surface area contributed by atoms with Crippen molar-refractivity contribution < 1.29 is 14.3 Å². The second kappa shape index (κ2) is 13.3. The van der Waals surface area contributed by atoms with Crippen molar-refractivity contribution in [2.24, 2.45) is 35.0 Å². The lowest BCUT2D eigenvalue weighted by Crippen LogP contribution is -2.44. The molecule has 0 N–H and O–H groups in total. The number of hydrogen-bond acceptors (Lipinski definition) is 3. The Morgan fingerprint density at radius 3 is 1.94 bits per heavy atom. The smallest absolute Gasteiger partial charge is 0.319 e. The first-order valence-corrected chi connectivity index (χ1v) is 14.7. The van der Waals surface area contributed by atoms with Gasteiger partial charge < -0.3 is 4.74 Å². The molecule has 1 unspecified atom stereocenters. The van der Waals surface area contributed by atoms with Gasteiger partial charge in [0, 0.05) is 6.42 Å². The van der Waals surface area contributed by atoms with Gasteiger partial charge >= 0.3 is 5.97 Å². The average Bonchev–Trinajstić information content (AvgIpc) is 2.84. The van der Waals surface area contributed by atoms with E-state index in [0.717, 1.165) is 30.6 Å². The molecule has 3 saturated carbocycles. The van der Waals surface area contributed by atoms with Crippen LogP contribution in [0, 0.1) is 35.0 Å². The average molecular weight is 461 g/mol. The third kappa shape index (κ3) is 7.31. The van der Waals surface area contributed by atoms with Crippen LogP contribution in [0.3, 0.4) is 0 Å². The molecule has 0 bridgehead atoms. The van der Waals surface area contributed by atoms with Crippen molar-refractivity contribution >= 4 is 11.8 Å². The van der Waals surface area contributed by atoms with Gasteiger partial charge in [0.1, 0.15) is 11.2 Å². The number of hydrogen-bond donors (Lipinski definition) is 0. The van der Waals surface area contributed by atoms with E-state index in [4.69, 9.17) is 4.74 Å². The topological polar surface area (TPSA) is 43.4 Å². The number of ether oxygens (including phenoxy) is 1. The van der Waals surface area contributed by atoms with Gasteiger partial charge in [0.05, 0.1) is 6.61 Å². The summed E-state index contributed by atoms with van der Waals surface area (Å²) in [6.07, 6.45) is 22.9. The molecule has 0 saturated heterocycles. The third-order valence-electron chi connectivity index (χ3n) is 9.72. The fourth-order valence-electron chi connectivity index (χ4n) is 7.22. The summed E-state index contributed by atoms with van der Waals surface area (Å²) < 4.78 is 5.35. The molecule has 3 fully saturated rings. The fourth-order valence-corrected chi connectivity index (χ4v) is 7.22. The van der Waals surface area contributed by atoms with Gasteiger partial charge in [-0.15, -0.1) is 0 Å². The zero-order chi connectivity index (χ0) is 23.7. The molecule has 3 aliphatic carbocycles. The van der Waals surface area contributed by atoms with Gasteiger partial charge in [-0.1, -0.05) is 65.2 Å². The minimum absolute atomic E-state index is 0.134. The van der Waals surface area contributed by atoms with Crippen molar-refractivity contribution in [1.29, 1.82) is 0 Å². The molecule has 2 atom stereocenters. The molecule has 0 amide bonds. The maximum absolute atomic E-state index is 12.9. The van der Waals surface area contributed by atoms with Crippen LogP contribution in [0.4, 0.5) is 0 Å². The Labute approximate surface area is 204 Å². The normalized spacial score (nSPS) is 35.4. The Morgan fingerprint density at radius 2 is 1.36 bits per heavy atom. The number of esters is 1. The molecule has 33 heavy (non-hydrogen) atoms. The molecular weight excluding hydrogens is 408 g/mol. The molecule has 3 aliphatic rings. The van der Waals surface area contributed by atoms with Crippen LogP contribution in [0.2, 0.25) is 0 Å². The Morgan fingerprint density at radius 1 is 0.788 bits per heavy atom. The lowest BCUT2D eigenvalue weighted by Gasteiger charge is -2.42. The molecule has 0 aromatic carbocycles. The third-order valence-corrected chi connectivity index (χ3v) is 9.72. The van der Waals surface area contributed by atoms with Crippen molar-refractivity contribution in [3.63, 3.8) is 0 Å². The molecule has 190 valence electrons. The van der Waals surface area contributed by atoms with E-state index in [0.29, 0.717) is 31.3 Å². The van der Waals surface area contributed by atoms with E-state index >= 15 is 0 Å². The van der Waals surface area contributed by atoms with Crippen LogP contribution in [0.25, 0.3) is 0 Å². The van der Waals surface area contributed by atoms with Gasteiger partial charge in [-0.2, -0.15) is 0 Å². The number of carbonyl (C=O) groups is 2. The van der Waals surface area contributed by atoms with Crippen molar-refractivity contribution in [2.45, 2.75) is 136 Å². The first-order valence-electron chi connectivity index (χ1n) is 14.7. The van der Waals surface area contributed by atoms with Crippen molar-refractivity contribution in [3.8, 4) is 0 Å². The Hall–Kier alpha value is -0.860. The van der Waals surface area contributed by atoms with Crippen LogP contribution < -0.4 is 0 Å². The SMILES string of the molecule is CCCCCCCC1CCC(C2CCC(C3CC[C@](C)(C(=O)OCCC)C(=O)C3)CC2)CC1. The maximum atomic E-state index is 12.9. The highest BCUT2D eigenvalue weighted by Gasteiger charge is 2.47. The number of ketones is 1. The monoisotopic (exact) mass is 460 g/mol. The summed E-state index contributed by atoms with van der Waals surface area (Å²) in [6.45, 7) is 6.54. The molecule has 0 radical (unpaired) electrons. The lowest BCUT2D eigenvalue weighted by atomic mass is 9.62. The van der Waals surface area contributed by atoms with Gasteiger partial charge in [0.15, 0.2) is 0 Å². The lowest BCUT2D eigenvalue weighted by molar-refractivity contribution is -0.162. The summed E-state index contributed by atoms with van der Waals surface area (Å²) in [5, 5.41) is 0. The Kier molecular flexibility index (Phi) is 10.8. The van der Waals surface area contributed by atoms with Crippen molar-refractivity contribution in [3.05, 3.63) is 0 Å². The molecule has 3 rings (SSSR count). The van der Waals surface area contributed by atoms with E-state index in [2.05, 4.69) is 6.92 Å². The van der Waals surface area contributed by atoms with E-state index < -0.39 is 5.41 Å². The van der Waals surface area contributed by atoms with Gasteiger partial charge in [0.25, 0.3) is 0 Å². The molecule has 0 spiro atoms. The Bertz CT molecular complexity index is 598. The molecule has 0 aliphatic heterocycles. The van der Waals surface area contributed by atoms with Gasteiger partial charge in [-0.25, -0.2) is 0 Å². The van der Waals surface area contributed by atoms with E-state index in [9.17, 15) is 9.59 Å². The van der Waals surface area contributed by atoms with Crippen LogP contribution in [0.1, 0.15) is 136 Å². The van der Waals surface area contributed by atoms with E-state index in [-0.39, 0.29) is 11.8 Å². The van der Waals surface area contributed by atoms with Gasteiger partial charge in [-0.05, 0) is 94.3 Å². The summed E-state index contributed by atoms with van der Waals surface area (Å²) in [6, 6.07) is 0. The Balaban J connectivity index is 1.35. The summed E-state index contributed by atoms with van der Waals surface area (Å²) in [4.78, 5) is 25.4. The van der Waals surface area contributed by atoms with E-state index in [1.807, 2.05) is 13.8 Å². The zero-order valence-electron chi connectivity index (χ0n) is 22.0. The molecule has 3 heteroatoms. The maximum Gasteiger partial charge on any atom is 0.319 e. The molecule has 3 nitrogen and oxygen atoms in total. The largest absolute Gasteiger partial charge is 0.465 e. The van der Waals surface area contributed by atoms with Crippen LogP contribution in [-0.4, -0.2) is 18.4 Å². The van der Waals surface area contributed by atoms with Crippen molar-refractivity contribution in [1.82, 2.24) is 0 Å². The van der Waals surface area contributed by atoms with E-state index in [1.165, 1.54) is 89.9 Å². The standard InChI is InChI=1S/C30H52O3/c1-4-6-7-8-9-10-23-11-13-24(14-12-23)25-15-17-26(18-16-25)27-19-20-30(3,28(31)22-27)29(32)33-21-5-2/h23-27H,4-22H2,1-3H3/t23?,24?,25?,26?,27?,30-/m0/s1. The minimum atomic E-state index is -0.891. The van der Waals surface area contributed by atoms with Gasteiger partial charge in [-0.3, -0.25) is 9.59 Å². The quantitative estimate of drug-likeness (QED) is 0.177. The zero-order valence-corrected chi connectivity index (χ0v) is 22.0. The fraction of sp³-hybridized carbons (Fsp3) is 0.933. The predicted octanol–water partition coefficient (Wildman–Crippen LogP) is 8.29. The van der Waals surface area contributed by atoms with Gasteiger partial charge in [0.2, 0.25) is 0 Å². The van der Waals surface area contributed by atoms with Crippen LogP contribution in [0.15, 0.2) is 0 Å². The second-order valence-electron chi connectivity index (χ2n) is 12.1. The summed E-state index contributed by atoms with van der Waals surface area (Å²) in [5.74, 6) is 3.94. The first-order chi connectivity index (χ1) is 16.0. The summed E-state index contributed by atoms with van der Waals surface area (Å²) in [7, 11) is 0. The second-order valence-corrected chi connectivity index (χ2v) is 12.1. The summed E-state index contributed by atoms with van der Waals surface area (Å²) in [5.41, 5.74) is -0.891. The van der Waals surface area contributed by atoms with Crippen molar-refractivity contribution in [2.75, 3.05) is 6.61 Å². The van der Waals surface area contributed by atoms with Crippen LogP contribution >= 0.6 is 0 Å². The molecule has 0 aromatic heterocycles. The molecule has 0 aromatic rings. The molecule has 0 heterocycles. The highest BCUT2D eigenvalue weighted by atomic mass is 16.5. The minimum Gasteiger partial charge on any atom is -0.465 e. The number of rotatable bonds is 11. The predicted molar refractivity (Wildman–Crippen MR) is 136 cm³/mol. The van der Waals surface area contributed by atoms with Crippen LogP contribution in [-0.2, 0) is 14.3 Å². The molecular formula is C30H52O3. The number of Topliss-reactive ketones (excluding diaryl/α,β-unsaturated/α-hetero) is 1. The number of carbonyl (C=O) groups excluding carboxylic acids is 2. The number of unbranched alkanes of at least 4 members (excludes halogenated alkanes) is 4. The first kappa shape index (κ1) is 26.7. The van der Waals surface area contributed by atoms with E-state index in [1.54, 1.807) is 0 Å². The highest BCUT2D eigenvalue weighted by molar-refractivity contribution is 6.04. The highest BCUT2D eigenvalue weighted by Crippen LogP contribution is 2.47.